The summed E-state index contributed by atoms with van der Waals surface area (Å²) in [7, 11) is 0. The molecular formula is C6H5F3N2O4. The summed E-state index contributed by atoms with van der Waals surface area (Å²) in [6.45, 7) is -0.514. The van der Waals surface area contributed by atoms with Crippen LogP contribution in [0.25, 0.3) is 0 Å². The number of alkyl halides is 3. The Morgan fingerprint density at radius 1 is 1.53 bits per heavy atom. The number of rotatable bonds is 2. The summed E-state index contributed by atoms with van der Waals surface area (Å²) in [6, 6.07) is 0. The minimum Gasteiger partial charge on any atom is -0.475 e. The van der Waals surface area contributed by atoms with E-state index in [1.807, 2.05) is 0 Å². The van der Waals surface area contributed by atoms with Crippen LogP contribution >= 0.6 is 0 Å². The van der Waals surface area contributed by atoms with Crippen LogP contribution in [0.1, 0.15) is 0 Å². The Morgan fingerprint density at radius 3 is 2.60 bits per heavy atom. The first-order chi connectivity index (χ1) is 6.82. The Bertz CT molecular complexity index is 325. The Morgan fingerprint density at radius 2 is 2.13 bits per heavy atom. The fourth-order valence-corrected chi connectivity index (χ4v) is 0.721. The van der Waals surface area contributed by atoms with Crippen LogP contribution in [-0.2, 0) is 19.2 Å². The van der Waals surface area contributed by atoms with Crippen molar-refractivity contribution in [2.75, 3.05) is 6.73 Å². The van der Waals surface area contributed by atoms with Crippen molar-refractivity contribution in [2.24, 2.45) is 5.73 Å². The topological polar surface area (TPSA) is 81.9 Å². The van der Waals surface area contributed by atoms with E-state index in [-0.39, 0.29) is 0 Å². The van der Waals surface area contributed by atoms with Crippen molar-refractivity contribution in [3.05, 3.63) is 12.0 Å². The fourth-order valence-electron chi connectivity index (χ4n) is 0.721. The minimum atomic E-state index is -5.15. The van der Waals surface area contributed by atoms with Gasteiger partial charge in [0.2, 0.25) is 0 Å². The zero-order chi connectivity index (χ0) is 11.6. The lowest BCUT2D eigenvalue weighted by Gasteiger charge is -2.17. The molecule has 84 valence electrons. The third-order valence-corrected chi connectivity index (χ3v) is 1.33. The van der Waals surface area contributed by atoms with Gasteiger partial charge in [0.25, 0.3) is 5.91 Å². The van der Waals surface area contributed by atoms with Crippen LogP contribution in [0, 0.1) is 0 Å². The van der Waals surface area contributed by atoms with Crippen molar-refractivity contribution in [3.63, 3.8) is 0 Å². The number of halogens is 3. The molecule has 6 nitrogen and oxygen atoms in total. The fraction of sp³-hybridized carbons (Fsp3) is 0.333. The molecule has 1 aliphatic heterocycles. The highest BCUT2D eigenvalue weighted by molar-refractivity contribution is 5.91. The largest absolute Gasteiger partial charge is 0.493 e. The lowest BCUT2D eigenvalue weighted by molar-refractivity contribution is -0.236. The number of ether oxygens (including phenoxy) is 1. The van der Waals surface area contributed by atoms with Crippen molar-refractivity contribution in [3.8, 4) is 0 Å². The van der Waals surface area contributed by atoms with Gasteiger partial charge < -0.3 is 15.3 Å². The zero-order valence-corrected chi connectivity index (χ0v) is 7.08. The standard InChI is InChI=1S/C6H5F3N2O4/c7-6(8,9)5(13)15-11-2-14-1-3(11)4(10)12/h1H,2H2,(H2,10,12). The minimum absolute atomic E-state index is 0.318. The molecule has 0 spiro atoms. The van der Waals surface area contributed by atoms with Gasteiger partial charge in [-0.25, -0.2) is 4.79 Å². The number of carbonyl (C=O) groups is 2. The molecule has 0 saturated heterocycles. The third-order valence-electron chi connectivity index (χ3n) is 1.33. The molecule has 1 amide bonds. The molecule has 0 saturated carbocycles. The molecule has 0 aromatic carbocycles. The number of nitrogens with two attached hydrogens (primary N) is 1. The van der Waals surface area contributed by atoms with Crippen molar-refractivity contribution < 1.29 is 32.3 Å². The summed E-state index contributed by atoms with van der Waals surface area (Å²) >= 11 is 0. The van der Waals surface area contributed by atoms with Crippen molar-refractivity contribution in [2.45, 2.75) is 6.18 Å². The molecule has 0 atom stereocenters. The molecule has 9 heteroatoms. The molecule has 0 aromatic rings. The number of hydrogen-bond donors (Lipinski definition) is 1. The molecule has 0 aromatic heterocycles. The van der Waals surface area contributed by atoms with Gasteiger partial charge in [-0.3, -0.25) is 4.79 Å². The van der Waals surface area contributed by atoms with Gasteiger partial charge >= 0.3 is 12.1 Å². The molecule has 1 aliphatic rings. The Kier molecular flexibility index (Phi) is 2.73. The van der Waals surface area contributed by atoms with Crippen LogP contribution in [-0.4, -0.2) is 29.8 Å². The number of amides is 1. The summed E-state index contributed by atoms with van der Waals surface area (Å²) in [6.07, 6.45) is -4.35. The number of hydrogen-bond acceptors (Lipinski definition) is 5. The predicted molar refractivity (Wildman–Crippen MR) is 37.2 cm³/mol. The molecule has 0 bridgehead atoms. The second kappa shape index (κ2) is 3.67. The van der Waals surface area contributed by atoms with Crippen molar-refractivity contribution in [1.82, 2.24) is 5.06 Å². The van der Waals surface area contributed by atoms with Crippen LogP contribution in [0.5, 0.6) is 0 Å². The predicted octanol–water partition coefficient (Wildman–Crippen LogP) is -0.377. The van der Waals surface area contributed by atoms with Gasteiger partial charge in [0, 0.05) is 0 Å². The highest BCUT2D eigenvalue weighted by Crippen LogP contribution is 2.20. The molecule has 1 heterocycles. The summed E-state index contributed by atoms with van der Waals surface area (Å²) in [5.41, 5.74) is 4.31. The van der Waals surface area contributed by atoms with Crippen LogP contribution < -0.4 is 5.73 Å². The lowest BCUT2D eigenvalue weighted by atomic mass is 10.5. The zero-order valence-electron chi connectivity index (χ0n) is 7.08. The first-order valence-corrected chi connectivity index (χ1v) is 3.50. The average molecular weight is 226 g/mol. The molecule has 1 rings (SSSR count). The van der Waals surface area contributed by atoms with Gasteiger partial charge in [-0.15, -0.1) is 0 Å². The highest BCUT2D eigenvalue weighted by atomic mass is 19.4. The number of carbonyl (C=O) groups excluding carboxylic acids is 2. The van der Waals surface area contributed by atoms with E-state index in [2.05, 4.69) is 9.57 Å². The van der Waals surface area contributed by atoms with E-state index < -0.39 is 30.5 Å². The van der Waals surface area contributed by atoms with Gasteiger partial charge in [-0.2, -0.15) is 18.2 Å². The van der Waals surface area contributed by atoms with E-state index in [9.17, 15) is 22.8 Å². The van der Waals surface area contributed by atoms with Crippen LogP contribution in [0.15, 0.2) is 12.0 Å². The summed E-state index contributed by atoms with van der Waals surface area (Å²) in [5.74, 6) is -3.53. The number of hydroxylamine groups is 2. The monoisotopic (exact) mass is 226 g/mol. The first-order valence-electron chi connectivity index (χ1n) is 3.50. The quantitative estimate of drug-likeness (QED) is 0.694. The van der Waals surface area contributed by atoms with Gasteiger partial charge in [-0.1, -0.05) is 0 Å². The maximum Gasteiger partial charge on any atom is 0.493 e. The Balaban J connectivity index is 2.65. The lowest BCUT2D eigenvalue weighted by Crippen LogP contribution is -2.36. The Labute approximate surface area is 81.0 Å². The van der Waals surface area contributed by atoms with E-state index in [0.717, 1.165) is 6.26 Å². The van der Waals surface area contributed by atoms with E-state index in [1.165, 1.54) is 0 Å². The summed E-state index contributed by atoms with van der Waals surface area (Å²) < 4.78 is 39.7. The maximum absolute atomic E-state index is 11.8. The highest BCUT2D eigenvalue weighted by Gasteiger charge is 2.44. The summed E-state index contributed by atoms with van der Waals surface area (Å²) in [5, 5.41) is 0.318. The molecule has 0 radical (unpaired) electrons. The molecule has 15 heavy (non-hydrogen) atoms. The van der Waals surface area contributed by atoms with Gasteiger partial charge in [0.05, 0.1) is 0 Å². The van der Waals surface area contributed by atoms with Crippen LogP contribution in [0.2, 0.25) is 0 Å². The van der Waals surface area contributed by atoms with Gasteiger partial charge in [0.1, 0.15) is 6.26 Å². The Hall–Kier alpha value is -1.93. The second-order valence-electron chi connectivity index (χ2n) is 2.42. The number of primary amides is 1. The first kappa shape index (κ1) is 11.1. The van der Waals surface area contributed by atoms with E-state index >= 15 is 0 Å². The molecule has 0 aliphatic carbocycles. The summed E-state index contributed by atoms with van der Waals surface area (Å²) in [4.78, 5) is 24.8. The second-order valence-corrected chi connectivity index (χ2v) is 2.42. The van der Waals surface area contributed by atoms with Crippen molar-refractivity contribution in [1.29, 1.82) is 0 Å². The SMILES string of the molecule is NC(=O)C1=COCN1OC(=O)C(F)(F)F. The van der Waals surface area contributed by atoms with Crippen molar-refractivity contribution >= 4 is 11.9 Å². The van der Waals surface area contributed by atoms with Gasteiger partial charge in [0.15, 0.2) is 12.4 Å². The molecule has 0 unspecified atom stereocenters. The third kappa shape index (κ3) is 2.51. The molecular weight excluding hydrogens is 221 g/mol. The van der Waals surface area contributed by atoms with Gasteiger partial charge in [-0.05, 0) is 0 Å². The normalized spacial score (nSPS) is 15.7. The molecule has 2 N–H and O–H groups in total. The van der Waals surface area contributed by atoms with E-state index in [0.29, 0.717) is 5.06 Å². The van der Waals surface area contributed by atoms with E-state index in [1.54, 1.807) is 0 Å². The smallest absolute Gasteiger partial charge is 0.475 e. The van der Waals surface area contributed by atoms with E-state index in [4.69, 9.17) is 5.73 Å². The van der Waals surface area contributed by atoms with Crippen LogP contribution in [0.3, 0.4) is 0 Å². The maximum atomic E-state index is 11.8. The number of nitrogens with zero attached hydrogens (tertiary/aromatic N) is 1. The average Bonchev–Trinajstić information content (AvgIpc) is 2.50. The van der Waals surface area contributed by atoms with Crippen LogP contribution in [0.4, 0.5) is 13.2 Å². The molecule has 0 fully saturated rings.